The van der Waals surface area contributed by atoms with Gasteiger partial charge in [0, 0.05) is 16.8 Å². The number of aliphatic hydroxyl groups excluding tert-OH is 1. The van der Waals surface area contributed by atoms with Crippen LogP contribution < -0.4 is 10.1 Å². The fourth-order valence-corrected chi connectivity index (χ4v) is 3.24. The largest absolute Gasteiger partial charge is 0.493 e. The van der Waals surface area contributed by atoms with Crippen molar-refractivity contribution in [1.29, 1.82) is 0 Å². The molecule has 1 aromatic heterocycles. The average molecular weight is 430 g/mol. The topological polar surface area (TPSA) is 71.7 Å². The number of anilines is 1. The predicted octanol–water partition coefficient (Wildman–Crippen LogP) is 5.16. The minimum absolute atomic E-state index is 0.134. The zero-order chi connectivity index (χ0) is 19.4. The molecule has 6 heteroatoms. The van der Waals surface area contributed by atoms with Crippen molar-refractivity contribution < 1.29 is 19.1 Å². The molecule has 5 nitrogen and oxygen atoms in total. The van der Waals surface area contributed by atoms with Gasteiger partial charge in [-0.15, -0.1) is 0 Å². The van der Waals surface area contributed by atoms with Gasteiger partial charge in [-0.2, -0.15) is 0 Å². The number of aryl methyl sites for hydroxylation is 1. The molecule has 1 heterocycles. The van der Waals surface area contributed by atoms with E-state index in [0.29, 0.717) is 35.1 Å². The van der Waals surface area contributed by atoms with E-state index < -0.39 is 0 Å². The van der Waals surface area contributed by atoms with Crippen molar-refractivity contribution in [2.45, 2.75) is 20.5 Å². The van der Waals surface area contributed by atoms with Crippen LogP contribution in [0.3, 0.4) is 0 Å². The van der Waals surface area contributed by atoms with E-state index in [0.717, 1.165) is 15.6 Å². The highest BCUT2D eigenvalue weighted by Crippen LogP contribution is 2.29. The third-order valence-electron chi connectivity index (χ3n) is 4.06. The van der Waals surface area contributed by atoms with Crippen LogP contribution >= 0.6 is 15.9 Å². The maximum absolute atomic E-state index is 12.5. The van der Waals surface area contributed by atoms with Crippen LogP contribution in [-0.2, 0) is 6.61 Å². The number of carbonyl (C=O) groups is 1. The number of halogens is 1. The number of furan rings is 1. The maximum atomic E-state index is 12.5. The Hall–Kier alpha value is -2.57. The van der Waals surface area contributed by atoms with Crippen molar-refractivity contribution in [1.82, 2.24) is 0 Å². The van der Waals surface area contributed by atoms with Crippen molar-refractivity contribution in [2.75, 3.05) is 11.9 Å². The smallest absolute Gasteiger partial charge is 0.255 e. The standard InChI is InChI=1S/C21H20BrNO4/c1-3-26-20-8-4-14(11-18(20)22)21(25)23-15-5-7-17(13(2)10-15)19-9-6-16(12-24)27-19/h4-11,24H,3,12H2,1-2H3,(H,23,25). The monoisotopic (exact) mass is 429 g/mol. The molecule has 0 saturated carbocycles. The molecule has 0 aliphatic rings. The summed E-state index contributed by atoms with van der Waals surface area (Å²) in [5, 5.41) is 12.0. The lowest BCUT2D eigenvalue weighted by atomic mass is 10.1. The van der Waals surface area contributed by atoms with Crippen molar-refractivity contribution in [2.24, 2.45) is 0 Å². The summed E-state index contributed by atoms with van der Waals surface area (Å²) in [5.41, 5.74) is 3.10. The van der Waals surface area contributed by atoms with Crippen molar-refractivity contribution in [3.8, 4) is 17.1 Å². The van der Waals surface area contributed by atoms with Gasteiger partial charge < -0.3 is 19.6 Å². The molecule has 2 aromatic carbocycles. The Bertz CT molecular complexity index is 965. The highest BCUT2D eigenvalue weighted by atomic mass is 79.9. The minimum Gasteiger partial charge on any atom is -0.493 e. The SMILES string of the molecule is CCOc1ccc(C(=O)Nc2ccc(-c3ccc(CO)o3)c(C)c2)cc1Br. The summed E-state index contributed by atoms with van der Waals surface area (Å²) >= 11 is 3.42. The van der Waals surface area contributed by atoms with Crippen LogP contribution in [0.4, 0.5) is 5.69 Å². The number of amides is 1. The van der Waals surface area contributed by atoms with Gasteiger partial charge in [0.15, 0.2) is 0 Å². The van der Waals surface area contributed by atoms with E-state index in [1.54, 1.807) is 24.3 Å². The van der Waals surface area contributed by atoms with E-state index in [-0.39, 0.29) is 12.5 Å². The molecule has 3 aromatic rings. The van der Waals surface area contributed by atoms with Gasteiger partial charge in [-0.25, -0.2) is 0 Å². The first-order valence-electron chi connectivity index (χ1n) is 8.56. The van der Waals surface area contributed by atoms with Gasteiger partial charge in [-0.3, -0.25) is 4.79 Å². The fraction of sp³-hybridized carbons (Fsp3) is 0.190. The molecular formula is C21H20BrNO4. The maximum Gasteiger partial charge on any atom is 0.255 e. The zero-order valence-corrected chi connectivity index (χ0v) is 16.7. The molecule has 1 amide bonds. The van der Waals surface area contributed by atoms with E-state index in [4.69, 9.17) is 14.3 Å². The van der Waals surface area contributed by atoms with Gasteiger partial charge in [0.05, 0.1) is 11.1 Å². The first-order chi connectivity index (χ1) is 13.0. The second-order valence-corrected chi connectivity index (χ2v) is 6.84. The van der Waals surface area contributed by atoms with Crippen LogP contribution in [0.2, 0.25) is 0 Å². The van der Waals surface area contributed by atoms with Crippen LogP contribution in [0, 0.1) is 6.92 Å². The van der Waals surface area contributed by atoms with Crippen LogP contribution in [-0.4, -0.2) is 17.6 Å². The second kappa shape index (κ2) is 8.41. The summed E-state index contributed by atoms with van der Waals surface area (Å²) in [6.07, 6.45) is 0. The molecule has 0 fully saturated rings. The molecule has 0 spiro atoms. The Labute approximate surface area is 166 Å². The van der Waals surface area contributed by atoms with Crippen molar-refractivity contribution in [3.63, 3.8) is 0 Å². The quantitative estimate of drug-likeness (QED) is 0.567. The number of nitrogens with one attached hydrogen (secondary N) is 1. The van der Waals surface area contributed by atoms with Crippen LogP contribution in [0.1, 0.15) is 28.6 Å². The Morgan fingerprint density at radius 1 is 1.19 bits per heavy atom. The third-order valence-corrected chi connectivity index (χ3v) is 4.68. The predicted molar refractivity (Wildman–Crippen MR) is 108 cm³/mol. The molecular weight excluding hydrogens is 410 g/mol. The van der Waals surface area contributed by atoms with E-state index in [1.807, 2.05) is 38.1 Å². The number of rotatable bonds is 6. The third kappa shape index (κ3) is 4.40. The average Bonchev–Trinajstić information content (AvgIpc) is 3.12. The highest BCUT2D eigenvalue weighted by molar-refractivity contribution is 9.10. The molecule has 140 valence electrons. The Balaban J connectivity index is 1.76. The highest BCUT2D eigenvalue weighted by Gasteiger charge is 2.12. The lowest BCUT2D eigenvalue weighted by Crippen LogP contribution is -2.12. The number of ether oxygens (including phenoxy) is 1. The number of hydrogen-bond donors (Lipinski definition) is 2. The van der Waals surface area contributed by atoms with Gasteiger partial charge in [0.25, 0.3) is 5.91 Å². The molecule has 0 aliphatic heterocycles. The summed E-state index contributed by atoms with van der Waals surface area (Å²) < 4.78 is 11.8. The van der Waals surface area contributed by atoms with E-state index in [9.17, 15) is 4.79 Å². The van der Waals surface area contributed by atoms with E-state index in [2.05, 4.69) is 21.2 Å². The second-order valence-electron chi connectivity index (χ2n) is 5.99. The summed E-state index contributed by atoms with van der Waals surface area (Å²) in [4.78, 5) is 12.5. The van der Waals surface area contributed by atoms with Gasteiger partial charge in [0.1, 0.15) is 23.9 Å². The van der Waals surface area contributed by atoms with Gasteiger partial charge in [-0.05, 0) is 83.9 Å². The van der Waals surface area contributed by atoms with Crippen LogP contribution in [0.15, 0.2) is 57.4 Å². The number of carbonyl (C=O) groups excluding carboxylic acids is 1. The summed E-state index contributed by atoms with van der Waals surface area (Å²) in [6, 6.07) is 14.4. The van der Waals surface area contributed by atoms with E-state index >= 15 is 0 Å². The molecule has 0 aliphatic carbocycles. The Morgan fingerprint density at radius 3 is 2.63 bits per heavy atom. The summed E-state index contributed by atoms with van der Waals surface area (Å²) in [7, 11) is 0. The molecule has 0 unspecified atom stereocenters. The minimum atomic E-state index is -0.202. The molecule has 0 radical (unpaired) electrons. The summed E-state index contributed by atoms with van der Waals surface area (Å²) in [6.45, 7) is 4.28. The van der Waals surface area contributed by atoms with Gasteiger partial charge in [-0.1, -0.05) is 0 Å². The van der Waals surface area contributed by atoms with Gasteiger partial charge >= 0.3 is 0 Å². The molecule has 2 N–H and O–H groups in total. The first-order valence-corrected chi connectivity index (χ1v) is 9.35. The molecule has 0 bridgehead atoms. The zero-order valence-electron chi connectivity index (χ0n) is 15.1. The molecule has 0 saturated heterocycles. The van der Waals surface area contributed by atoms with Crippen molar-refractivity contribution >= 4 is 27.5 Å². The number of benzene rings is 2. The lowest BCUT2D eigenvalue weighted by Gasteiger charge is -2.10. The molecule has 3 rings (SSSR count). The normalized spacial score (nSPS) is 10.7. The molecule has 27 heavy (non-hydrogen) atoms. The molecule has 0 atom stereocenters. The number of aliphatic hydroxyl groups is 1. The lowest BCUT2D eigenvalue weighted by molar-refractivity contribution is 0.102. The Morgan fingerprint density at radius 2 is 2.00 bits per heavy atom. The van der Waals surface area contributed by atoms with Crippen LogP contribution in [0.5, 0.6) is 5.75 Å². The fourth-order valence-electron chi connectivity index (χ4n) is 2.74. The summed E-state index contributed by atoms with van der Waals surface area (Å²) in [5.74, 6) is 1.70. The van der Waals surface area contributed by atoms with E-state index in [1.165, 1.54) is 0 Å². The number of hydrogen-bond acceptors (Lipinski definition) is 4. The van der Waals surface area contributed by atoms with Gasteiger partial charge in [0.2, 0.25) is 0 Å². The Kier molecular flexibility index (Phi) is 5.98. The first kappa shape index (κ1) is 19.2. The van der Waals surface area contributed by atoms with Crippen LogP contribution in [0.25, 0.3) is 11.3 Å². The van der Waals surface area contributed by atoms with Crippen molar-refractivity contribution in [3.05, 3.63) is 69.9 Å².